The van der Waals surface area contributed by atoms with E-state index >= 15 is 0 Å². The van der Waals surface area contributed by atoms with Crippen molar-refractivity contribution >= 4 is 46.2 Å². The number of hydrogen-bond acceptors (Lipinski definition) is 6. The molecule has 3 heterocycles. The lowest BCUT2D eigenvalue weighted by atomic mass is 9.98. The van der Waals surface area contributed by atoms with Gasteiger partial charge in [0.2, 0.25) is 5.91 Å². The van der Waals surface area contributed by atoms with E-state index in [4.69, 9.17) is 16.6 Å². The average molecular weight is 395 g/mol. The van der Waals surface area contributed by atoms with Crippen LogP contribution in [0.1, 0.15) is 38.4 Å². The number of hydrogen-bond donors (Lipinski definition) is 1. The molecule has 2 saturated heterocycles. The van der Waals surface area contributed by atoms with E-state index in [2.05, 4.69) is 0 Å². The first-order chi connectivity index (χ1) is 12.5. The summed E-state index contributed by atoms with van der Waals surface area (Å²) in [7, 11) is 0. The highest BCUT2D eigenvalue weighted by molar-refractivity contribution is 8.26. The summed E-state index contributed by atoms with van der Waals surface area (Å²) in [6, 6.07) is 2.87. The Hall–Kier alpha value is -1.64. The summed E-state index contributed by atoms with van der Waals surface area (Å²) in [5, 5.41) is 9.27. The van der Waals surface area contributed by atoms with Crippen LogP contribution in [0, 0.1) is 0 Å². The Labute approximate surface area is 162 Å². The van der Waals surface area contributed by atoms with Gasteiger partial charge >= 0.3 is 0 Å². The third-order valence-corrected chi connectivity index (χ3v) is 6.09. The van der Waals surface area contributed by atoms with Gasteiger partial charge in [-0.3, -0.25) is 14.5 Å². The first-order valence-corrected chi connectivity index (χ1v) is 9.97. The molecule has 26 heavy (non-hydrogen) atoms. The number of likely N-dealkylation sites (tertiary alicyclic amines) is 1. The summed E-state index contributed by atoms with van der Waals surface area (Å²) < 4.78 is 5.63. The molecular formula is C18H22N2O4S2. The first-order valence-electron chi connectivity index (χ1n) is 8.75. The highest BCUT2D eigenvalue weighted by Crippen LogP contribution is 2.34. The molecule has 8 heteroatoms. The van der Waals surface area contributed by atoms with Crippen molar-refractivity contribution in [2.45, 2.75) is 44.7 Å². The number of thiocarbonyl (C=S) groups is 1. The fraction of sp³-hybridized carbons (Fsp3) is 0.500. The predicted octanol–water partition coefficient (Wildman–Crippen LogP) is 2.63. The molecule has 0 saturated carbocycles. The molecule has 140 valence electrons. The summed E-state index contributed by atoms with van der Waals surface area (Å²) in [5.74, 6) is 0.190. The molecule has 2 aliphatic heterocycles. The van der Waals surface area contributed by atoms with Crippen LogP contribution < -0.4 is 0 Å². The summed E-state index contributed by atoms with van der Waals surface area (Å²) in [4.78, 5) is 29.5. The van der Waals surface area contributed by atoms with Crippen LogP contribution in [0.2, 0.25) is 0 Å². The number of aliphatic hydroxyl groups is 1. The lowest BCUT2D eigenvalue weighted by molar-refractivity contribution is -0.142. The second kappa shape index (κ2) is 8.37. The number of amides is 2. The van der Waals surface area contributed by atoms with Gasteiger partial charge in [0.1, 0.15) is 16.1 Å². The van der Waals surface area contributed by atoms with Crippen LogP contribution in [0.15, 0.2) is 27.7 Å². The number of furan rings is 1. The van der Waals surface area contributed by atoms with Gasteiger partial charge in [-0.1, -0.05) is 24.0 Å². The van der Waals surface area contributed by atoms with Crippen molar-refractivity contribution in [3.05, 3.63) is 29.1 Å². The molecule has 2 fully saturated rings. The van der Waals surface area contributed by atoms with E-state index in [-0.39, 0.29) is 24.5 Å². The Morgan fingerprint density at radius 3 is 3.04 bits per heavy atom. The molecule has 0 radical (unpaired) electrons. The van der Waals surface area contributed by atoms with Crippen LogP contribution in [0.3, 0.4) is 0 Å². The number of aliphatic hydroxyl groups excluding tert-OH is 1. The zero-order valence-electron chi connectivity index (χ0n) is 14.6. The molecule has 0 aliphatic carbocycles. The maximum Gasteiger partial charge on any atom is 0.267 e. The van der Waals surface area contributed by atoms with Crippen molar-refractivity contribution in [3.63, 3.8) is 0 Å². The van der Waals surface area contributed by atoms with Crippen molar-refractivity contribution in [1.82, 2.24) is 9.80 Å². The van der Waals surface area contributed by atoms with E-state index in [9.17, 15) is 14.7 Å². The number of carbonyl (C=O) groups is 2. The molecule has 1 aromatic rings. The van der Waals surface area contributed by atoms with Crippen molar-refractivity contribution in [2.24, 2.45) is 0 Å². The van der Waals surface area contributed by atoms with Crippen LogP contribution in [0.4, 0.5) is 0 Å². The number of thioether (sulfide) groups is 1. The number of nitrogens with zero attached hydrogens (tertiary/aromatic N) is 2. The molecule has 1 aromatic heterocycles. The Morgan fingerprint density at radius 1 is 1.54 bits per heavy atom. The molecular weight excluding hydrogens is 372 g/mol. The second-order valence-electron chi connectivity index (χ2n) is 6.44. The minimum Gasteiger partial charge on any atom is -0.465 e. The van der Waals surface area contributed by atoms with Gasteiger partial charge in [-0.05, 0) is 44.7 Å². The Balaban J connectivity index is 1.76. The monoisotopic (exact) mass is 394 g/mol. The van der Waals surface area contributed by atoms with E-state index in [1.807, 2.05) is 0 Å². The fourth-order valence-corrected chi connectivity index (χ4v) is 4.81. The quantitative estimate of drug-likeness (QED) is 0.611. The van der Waals surface area contributed by atoms with Gasteiger partial charge in [0.05, 0.1) is 11.2 Å². The Morgan fingerprint density at radius 2 is 2.35 bits per heavy atom. The molecule has 0 bridgehead atoms. The molecule has 2 aliphatic rings. The van der Waals surface area contributed by atoms with Crippen LogP contribution in [0.25, 0.3) is 6.08 Å². The van der Waals surface area contributed by atoms with Crippen molar-refractivity contribution < 1.29 is 19.1 Å². The topological polar surface area (TPSA) is 74.0 Å². The van der Waals surface area contributed by atoms with Gasteiger partial charge < -0.3 is 14.4 Å². The number of piperidine rings is 1. The zero-order valence-corrected chi connectivity index (χ0v) is 16.2. The largest absolute Gasteiger partial charge is 0.465 e. The minimum atomic E-state index is -0.663. The predicted molar refractivity (Wildman–Crippen MR) is 104 cm³/mol. The molecule has 0 spiro atoms. The molecule has 6 nitrogen and oxygen atoms in total. The maximum absolute atomic E-state index is 13.0. The molecule has 2 unspecified atom stereocenters. The molecule has 3 rings (SSSR count). The smallest absolute Gasteiger partial charge is 0.267 e. The third-order valence-electron chi connectivity index (χ3n) is 4.76. The summed E-state index contributed by atoms with van der Waals surface area (Å²) in [5.41, 5.74) is 0. The molecule has 1 N–H and O–H groups in total. The summed E-state index contributed by atoms with van der Waals surface area (Å²) in [6.45, 7) is 2.42. The summed E-state index contributed by atoms with van der Waals surface area (Å²) in [6.07, 6.45) is 6.63. The Bertz CT molecular complexity index is 715. The van der Waals surface area contributed by atoms with Crippen LogP contribution >= 0.6 is 24.0 Å². The first kappa shape index (κ1) is 19.1. The van der Waals surface area contributed by atoms with Crippen molar-refractivity contribution in [3.8, 4) is 0 Å². The number of rotatable bonds is 5. The SMILES string of the molecule is CC(C(=O)N1CCCCC1CCO)N1C(=O)C(=Cc2ccco2)SC1=S. The van der Waals surface area contributed by atoms with Gasteiger partial charge in [-0.2, -0.15) is 0 Å². The van der Waals surface area contributed by atoms with E-state index in [1.54, 1.807) is 30.0 Å². The van der Waals surface area contributed by atoms with Crippen LogP contribution in [0.5, 0.6) is 0 Å². The van der Waals surface area contributed by atoms with Gasteiger partial charge in [-0.15, -0.1) is 0 Å². The van der Waals surface area contributed by atoms with Crippen molar-refractivity contribution in [2.75, 3.05) is 13.2 Å². The lowest BCUT2D eigenvalue weighted by Crippen LogP contribution is -2.53. The van der Waals surface area contributed by atoms with E-state index in [1.165, 1.54) is 22.9 Å². The maximum atomic E-state index is 13.0. The van der Waals surface area contributed by atoms with Gasteiger partial charge in [0.25, 0.3) is 5.91 Å². The van der Waals surface area contributed by atoms with Crippen LogP contribution in [-0.4, -0.2) is 56.3 Å². The summed E-state index contributed by atoms with van der Waals surface area (Å²) >= 11 is 6.54. The van der Waals surface area contributed by atoms with E-state index in [0.29, 0.717) is 28.0 Å². The highest BCUT2D eigenvalue weighted by Gasteiger charge is 2.41. The Kier molecular flexibility index (Phi) is 6.16. The highest BCUT2D eigenvalue weighted by atomic mass is 32.2. The standard InChI is InChI=1S/C18H22N2O4S2/c1-12(16(22)19-8-3-2-5-13(19)7-9-21)20-17(23)15(26-18(20)25)11-14-6-4-10-24-14/h4,6,10-13,21H,2-3,5,7-9H2,1H3. The van der Waals surface area contributed by atoms with E-state index in [0.717, 1.165) is 19.3 Å². The van der Waals surface area contributed by atoms with Crippen LogP contribution in [-0.2, 0) is 9.59 Å². The molecule has 2 amide bonds. The van der Waals surface area contributed by atoms with Gasteiger partial charge in [0.15, 0.2) is 0 Å². The zero-order chi connectivity index (χ0) is 18.7. The number of carbonyl (C=O) groups excluding carboxylic acids is 2. The fourth-order valence-electron chi connectivity index (χ4n) is 3.41. The third kappa shape index (κ3) is 3.87. The van der Waals surface area contributed by atoms with Gasteiger partial charge in [-0.25, -0.2) is 0 Å². The van der Waals surface area contributed by atoms with E-state index < -0.39 is 6.04 Å². The lowest BCUT2D eigenvalue weighted by Gasteiger charge is -2.38. The average Bonchev–Trinajstić information content (AvgIpc) is 3.23. The molecule has 0 aromatic carbocycles. The normalized spacial score (nSPS) is 23.8. The molecule has 2 atom stereocenters. The van der Waals surface area contributed by atoms with Crippen molar-refractivity contribution in [1.29, 1.82) is 0 Å². The van der Waals surface area contributed by atoms with Gasteiger partial charge in [0, 0.05) is 25.3 Å². The minimum absolute atomic E-state index is 0.0285. The second-order valence-corrected chi connectivity index (χ2v) is 8.11.